The first-order valence-electron chi connectivity index (χ1n) is 5.47. The molecule has 0 fully saturated rings. The smallest absolute Gasteiger partial charge is 0.148 e. The number of aromatic amines is 1. The summed E-state index contributed by atoms with van der Waals surface area (Å²) in [6.45, 7) is 0.739. The minimum absolute atomic E-state index is 0.739. The molecule has 0 bridgehead atoms. The van der Waals surface area contributed by atoms with Crippen molar-refractivity contribution in [2.75, 3.05) is 5.32 Å². The third-order valence-corrected chi connectivity index (χ3v) is 2.71. The largest absolute Gasteiger partial charge is 0.364 e. The molecule has 0 saturated heterocycles. The van der Waals surface area contributed by atoms with Gasteiger partial charge in [0.25, 0.3) is 0 Å². The predicted octanol–water partition coefficient (Wildman–Crippen LogP) is 1.91. The quantitative estimate of drug-likeness (QED) is 0.718. The molecule has 3 rings (SSSR count). The molecule has 0 aliphatic heterocycles. The van der Waals surface area contributed by atoms with E-state index in [0.29, 0.717) is 0 Å². The van der Waals surface area contributed by atoms with Gasteiger partial charge >= 0.3 is 0 Å². The van der Waals surface area contributed by atoms with Crippen LogP contribution in [0.5, 0.6) is 0 Å². The predicted molar refractivity (Wildman–Crippen MR) is 66.6 cm³/mol. The van der Waals surface area contributed by atoms with Crippen molar-refractivity contribution in [3.63, 3.8) is 0 Å². The lowest BCUT2D eigenvalue weighted by Gasteiger charge is -2.01. The molecule has 3 aromatic rings. The monoisotopic (exact) mass is 227 g/mol. The third kappa shape index (κ3) is 1.87. The van der Waals surface area contributed by atoms with Crippen LogP contribution in [-0.2, 0) is 13.6 Å². The Kier molecular flexibility index (Phi) is 2.29. The average molecular weight is 227 g/mol. The van der Waals surface area contributed by atoms with E-state index < -0.39 is 0 Å². The van der Waals surface area contributed by atoms with Crippen molar-refractivity contribution in [1.82, 2.24) is 19.7 Å². The van der Waals surface area contributed by atoms with Crippen molar-refractivity contribution in [1.29, 1.82) is 0 Å². The van der Waals surface area contributed by atoms with Gasteiger partial charge in [0.15, 0.2) is 0 Å². The van der Waals surface area contributed by atoms with Gasteiger partial charge in [-0.05, 0) is 17.7 Å². The Morgan fingerprint density at radius 2 is 2.35 bits per heavy atom. The van der Waals surface area contributed by atoms with Gasteiger partial charge in [0, 0.05) is 43.6 Å². The fourth-order valence-electron chi connectivity index (χ4n) is 1.85. The Hall–Kier alpha value is -2.30. The van der Waals surface area contributed by atoms with Crippen LogP contribution in [0.25, 0.3) is 11.0 Å². The number of hydrogen-bond donors (Lipinski definition) is 2. The Morgan fingerprint density at radius 1 is 1.41 bits per heavy atom. The van der Waals surface area contributed by atoms with Gasteiger partial charge in [-0.25, -0.2) is 4.98 Å². The number of pyridine rings is 1. The summed E-state index contributed by atoms with van der Waals surface area (Å²) in [5, 5.41) is 8.70. The third-order valence-electron chi connectivity index (χ3n) is 2.71. The molecule has 0 unspecified atom stereocenters. The zero-order valence-electron chi connectivity index (χ0n) is 9.51. The van der Waals surface area contributed by atoms with Gasteiger partial charge in [-0.3, -0.25) is 4.68 Å². The molecule has 5 heteroatoms. The van der Waals surface area contributed by atoms with Crippen LogP contribution in [0.15, 0.2) is 36.8 Å². The molecule has 0 saturated carbocycles. The first kappa shape index (κ1) is 9.89. The molecular weight excluding hydrogens is 214 g/mol. The molecular formula is C12H13N5. The van der Waals surface area contributed by atoms with Gasteiger partial charge in [0.1, 0.15) is 11.5 Å². The molecule has 0 amide bonds. The van der Waals surface area contributed by atoms with Crippen LogP contribution in [0.2, 0.25) is 0 Å². The number of aromatic nitrogens is 4. The topological polar surface area (TPSA) is 58.5 Å². The lowest BCUT2D eigenvalue weighted by Crippen LogP contribution is -2.00. The number of aryl methyl sites for hydroxylation is 1. The van der Waals surface area contributed by atoms with Crippen LogP contribution in [-0.4, -0.2) is 19.7 Å². The van der Waals surface area contributed by atoms with E-state index >= 15 is 0 Å². The van der Waals surface area contributed by atoms with E-state index in [1.165, 1.54) is 5.56 Å². The maximum absolute atomic E-state index is 4.27. The minimum Gasteiger partial charge on any atom is -0.364 e. The van der Waals surface area contributed by atoms with Crippen molar-refractivity contribution >= 4 is 16.9 Å². The zero-order chi connectivity index (χ0) is 11.7. The Balaban J connectivity index is 1.81. The van der Waals surface area contributed by atoms with Gasteiger partial charge in [0.2, 0.25) is 0 Å². The van der Waals surface area contributed by atoms with Gasteiger partial charge < -0.3 is 10.3 Å². The highest BCUT2D eigenvalue weighted by Crippen LogP contribution is 2.16. The molecule has 5 nitrogen and oxygen atoms in total. The van der Waals surface area contributed by atoms with E-state index in [-0.39, 0.29) is 0 Å². The van der Waals surface area contributed by atoms with E-state index in [0.717, 1.165) is 23.4 Å². The zero-order valence-corrected chi connectivity index (χ0v) is 9.51. The van der Waals surface area contributed by atoms with E-state index in [1.54, 1.807) is 10.9 Å². The first-order chi connectivity index (χ1) is 8.33. The maximum Gasteiger partial charge on any atom is 0.148 e. The maximum atomic E-state index is 4.27. The van der Waals surface area contributed by atoms with Crippen LogP contribution in [0.4, 0.5) is 5.82 Å². The second-order valence-electron chi connectivity index (χ2n) is 3.94. The van der Waals surface area contributed by atoms with Gasteiger partial charge in [-0.15, -0.1) is 0 Å². The standard InChI is InChI=1S/C12H13N5/c1-17-6-4-11(16-17)14-7-9-8-15-12-10(9)3-2-5-13-12/h2-6,8H,7H2,1H3,(H,13,15)(H,14,16). The van der Waals surface area contributed by atoms with Gasteiger partial charge in [0.05, 0.1) is 0 Å². The highest BCUT2D eigenvalue weighted by molar-refractivity contribution is 5.79. The Bertz CT molecular complexity index is 637. The number of nitrogens with zero attached hydrogens (tertiary/aromatic N) is 3. The molecule has 0 aliphatic rings. The van der Waals surface area contributed by atoms with Crippen LogP contribution >= 0.6 is 0 Å². The SMILES string of the molecule is Cn1ccc(NCc2c[nH]c3ncccc23)n1. The Labute approximate surface area is 98.5 Å². The summed E-state index contributed by atoms with van der Waals surface area (Å²) in [6, 6.07) is 5.96. The Morgan fingerprint density at radius 3 is 3.18 bits per heavy atom. The number of rotatable bonds is 3. The number of nitrogens with one attached hydrogen (secondary N) is 2. The summed E-state index contributed by atoms with van der Waals surface area (Å²) in [7, 11) is 1.90. The molecule has 0 spiro atoms. The van der Waals surface area contributed by atoms with Crippen molar-refractivity contribution in [3.05, 3.63) is 42.4 Å². The van der Waals surface area contributed by atoms with Crippen molar-refractivity contribution in [2.24, 2.45) is 7.05 Å². The van der Waals surface area contributed by atoms with E-state index in [2.05, 4.69) is 26.4 Å². The molecule has 3 aromatic heterocycles. The average Bonchev–Trinajstić information content (AvgIpc) is 2.93. The fourth-order valence-corrected chi connectivity index (χ4v) is 1.85. The van der Waals surface area contributed by atoms with Gasteiger partial charge in [-0.2, -0.15) is 5.10 Å². The molecule has 86 valence electrons. The normalized spacial score (nSPS) is 10.9. The van der Waals surface area contributed by atoms with Crippen LogP contribution in [0.3, 0.4) is 0 Å². The molecule has 0 atom stereocenters. The summed E-state index contributed by atoms with van der Waals surface area (Å²) in [6.07, 6.45) is 5.68. The fraction of sp³-hybridized carbons (Fsp3) is 0.167. The van der Waals surface area contributed by atoms with Gasteiger partial charge in [-0.1, -0.05) is 0 Å². The lowest BCUT2D eigenvalue weighted by molar-refractivity contribution is 0.768. The van der Waals surface area contributed by atoms with E-state index in [9.17, 15) is 0 Å². The molecule has 3 heterocycles. The first-order valence-corrected chi connectivity index (χ1v) is 5.47. The summed E-state index contributed by atoms with van der Waals surface area (Å²) >= 11 is 0. The molecule has 17 heavy (non-hydrogen) atoms. The van der Waals surface area contributed by atoms with Crippen LogP contribution in [0.1, 0.15) is 5.56 Å². The summed E-state index contributed by atoms with van der Waals surface area (Å²) in [4.78, 5) is 7.41. The second-order valence-corrected chi connectivity index (χ2v) is 3.94. The van der Waals surface area contributed by atoms with E-state index in [1.807, 2.05) is 31.6 Å². The van der Waals surface area contributed by atoms with Crippen LogP contribution in [0, 0.1) is 0 Å². The molecule has 2 N–H and O–H groups in total. The molecule has 0 radical (unpaired) electrons. The number of fused-ring (bicyclic) bond motifs is 1. The number of H-pyrrole nitrogens is 1. The second kappa shape index (κ2) is 3.93. The molecule has 0 aliphatic carbocycles. The minimum atomic E-state index is 0.739. The van der Waals surface area contributed by atoms with Crippen LogP contribution < -0.4 is 5.32 Å². The summed E-state index contributed by atoms with van der Waals surface area (Å²) in [5.41, 5.74) is 2.11. The van der Waals surface area contributed by atoms with Crippen molar-refractivity contribution < 1.29 is 0 Å². The number of hydrogen-bond acceptors (Lipinski definition) is 3. The van der Waals surface area contributed by atoms with Crippen molar-refractivity contribution in [3.8, 4) is 0 Å². The number of anilines is 1. The highest BCUT2D eigenvalue weighted by atomic mass is 15.3. The highest BCUT2D eigenvalue weighted by Gasteiger charge is 2.04. The lowest BCUT2D eigenvalue weighted by atomic mass is 10.2. The summed E-state index contributed by atoms with van der Waals surface area (Å²) < 4.78 is 1.78. The summed E-state index contributed by atoms with van der Waals surface area (Å²) in [5.74, 6) is 0.880. The molecule has 0 aromatic carbocycles. The van der Waals surface area contributed by atoms with E-state index in [4.69, 9.17) is 0 Å². The van der Waals surface area contributed by atoms with Crippen molar-refractivity contribution in [2.45, 2.75) is 6.54 Å².